The van der Waals surface area contributed by atoms with E-state index in [-0.39, 0.29) is 24.0 Å². The summed E-state index contributed by atoms with van der Waals surface area (Å²) in [4.78, 5) is 25.5. The largest absolute Gasteiger partial charge is 0.464 e. The average Bonchev–Trinajstić information content (AvgIpc) is 2.95. The molecule has 1 aromatic heterocycles. The second-order valence-electron chi connectivity index (χ2n) is 6.01. The maximum absolute atomic E-state index is 12.1. The van der Waals surface area contributed by atoms with Crippen molar-refractivity contribution < 1.29 is 14.0 Å². The van der Waals surface area contributed by atoms with Crippen LogP contribution in [0.4, 0.5) is 4.79 Å². The molecule has 128 valence electrons. The molecule has 0 bridgehead atoms. The van der Waals surface area contributed by atoms with E-state index >= 15 is 0 Å². The standard InChI is InChI=1S/C16H26N4O3/c1-11-4-5-14(23-11)12(2)18-16(22)19-13-6-8-20(9-7-13)10-15(21)17-3/h4-5,12-13H,6-10H2,1-3H3,(H,17,21)(H2,18,19,22)/t12-/m1/s1. The van der Waals surface area contributed by atoms with E-state index in [1.807, 2.05) is 26.0 Å². The van der Waals surface area contributed by atoms with Gasteiger partial charge in [-0.25, -0.2) is 4.79 Å². The minimum Gasteiger partial charge on any atom is -0.464 e. The number of nitrogens with zero attached hydrogens (tertiary/aromatic N) is 1. The van der Waals surface area contributed by atoms with Crippen LogP contribution in [0.1, 0.15) is 37.3 Å². The molecule has 0 spiro atoms. The second-order valence-corrected chi connectivity index (χ2v) is 6.01. The lowest BCUT2D eigenvalue weighted by atomic mass is 10.1. The Morgan fingerprint density at radius 1 is 1.35 bits per heavy atom. The fraction of sp³-hybridized carbons (Fsp3) is 0.625. The van der Waals surface area contributed by atoms with Gasteiger partial charge in [0.05, 0.1) is 12.6 Å². The molecule has 7 nitrogen and oxygen atoms in total. The molecule has 1 aliphatic rings. The van der Waals surface area contributed by atoms with Gasteiger partial charge in [0, 0.05) is 26.2 Å². The lowest BCUT2D eigenvalue weighted by molar-refractivity contribution is -0.122. The lowest BCUT2D eigenvalue weighted by Gasteiger charge is -2.31. The summed E-state index contributed by atoms with van der Waals surface area (Å²) < 4.78 is 5.51. The van der Waals surface area contributed by atoms with Gasteiger partial charge in [0.2, 0.25) is 5.91 Å². The van der Waals surface area contributed by atoms with Crippen LogP contribution in [0.5, 0.6) is 0 Å². The third-order valence-corrected chi connectivity index (χ3v) is 4.10. The molecule has 2 rings (SSSR count). The van der Waals surface area contributed by atoms with Crippen molar-refractivity contribution in [1.29, 1.82) is 0 Å². The van der Waals surface area contributed by atoms with Crippen molar-refractivity contribution in [2.75, 3.05) is 26.7 Å². The summed E-state index contributed by atoms with van der Waals surface area (Å²) in [6.07, 6.45) is 1.69. The molecule has 0 unspecified atom stereocenters. The number of hydrogen-bond acceptors (Lipinski definition) is 4. The van der Waals surface area contributed by atoms with Gasteiger partial charge in [0.15, 0.2) is 0 Å². The van der Waals surface area contributed by atoms with E-state index in [2.05, 4.69) is 20.9 Å². The number of likely N-dealkylation sites (N-methyl/N-ethyl adjacent to an activating group) is 1. The van der Waals surface area contributed by atoms with Crippen molar-refractivity contribution >= 4 is 11.9 Å². The molecule has 2 heterocycles. The molecule has 3 N–H and O–H groups in total. The number of aryl methyl sites for hydroxylation is 1. The summed E-state index contributed by atoms with van der Waals surface area (Å²) in [5.74, 6) is 1.60. The topological polar surface area (TPSA) is 86.6 Å². The van der Waals surface area contributed by atoms with Gasteiger partial charge in [0.1, 0.15) is 11.5 Å². The highest BCUT2D eigenvalue weighted by atomic mass is 16.3. The number of furan rings is 1. The van der Waals surface area contributed by atoms with Crippen LogP contribution in [0.15, 0.2) is 16.5 Å². The van der Waals surface area contributed by atoms with Crippen LogP contribution in [0.2, 0.25) is 0 Å². The van der Waals surface area contributed by atoms with Crippen LogP contribution in [-0.2, 0) is 4.79 Å². The molecule has 0 radical (unpaired) electrons. The number of carbonyl (C=O) groups is 2. The number of piperidine rings is 1. The summed E-state index contributed by atoms with van der Waals surface area (Å²) in [5, 5.41) is 8.51. The highest BCUT2D eigenvalue weighted by Gasteiger charge is 2.22. The van der Waals surface area contributed by atoms with E-state index in [1.54, 1.807) is 7.05 Å². The van der Waals surface area contributed by atoms with Crippen molar-refractivity contribution in [2.45, 2.75) is 38.8 Å². The smallest absolute Gasteiger partial charge is 0.315 e. The number of amides is 3. The Morgan fingerprint density at radius 3 is 2.61 bits per heavy atom. The minimum absolute atomic E-state index is 0.0247. The van der Waals surface area contributed by atoms with Crippen molar-refractivity contribution in [3.05, 3.63) is 23.7 Å². The zero-order chi connectivity index (χ0) is 16.8. The van der Waals surface area contributed by atoms with Crippen molar-refractivity contribution in [3.8, 4) is 0 Å². The van der Waals surface area contributed by atoms with Gasteiger partial charge in [-0.05, 0) is 38.8 Å². The summed E-state index contributed by atoms with van der Waals surface area (Å²) in [6, 6.07) is 3.54. The normalized spacial score (nSPS) is 17.5. The number of likely N-dealkylation sites (tertiary alicyclic amines) is 1. The van der Waals surface area contributed by atoms with Gasteiger partial charge in [-0.3, -0.25) is 9.69 Å². The zero-order valence-electron chi connectivity index (χ0n) is 14.0. The monoisotopic (exact) mass is 322 g/mol. The quantitative estimate of drug-likeness (QED) is 0.759. The van der Waals surface area contributed by atoms with E-state index in [0.29, 0.717) is 6.54 Å². The van der Waals surface area contributed by atoms with Crippen molar-refractivity contribution in [2.24, 2.45) is 0 Å². The van der Waals surface area contributed by atoms with Gasteiger partial charge < -0.3 is 20.4 Å². The van der Waals surface area contributed by atoms with Crippen LogP contribution in [0, 0.1) is 6.92 Å². The SMILES string of the molecule is CNC(=O)CN1CCC(NC(=O)N[C@H](C)c2ccc(C)o2)CC1. The zero-order valence-corrected chi connectivity index (χ0v) is 14.0. The Labute approximate surface area is 136 Å². The molecule has 1 aromatic rings. The molecular formula is C16H26N4O3. The van der Waals surface area contributed by atoms with E-state index in [1.165, 1.54) is 0 Å². The van der Waals surface area contributed by atoms with Crippen LogP contribution < -0.4 is 16.0 Å². The van der Waals surface area contributed by atoms with Crippen molar-refractivity contribution in [1.82, 2.24) is 20.9 Å². The maximum atomic E-state index is 12.1. The Kier molecular flexibility index (Phi) is 6.04. The molecular weight excluding hydrogens is 296 g/mol. The first-order valence-corrected chi connectivity index (χ1v) is 8.04. The van der Waals surface area contributed by atoms with Crippen LogP contribution in [0.25, 0.3) is 0 Å². The Morgan fingerprint density at radius 2 is 2.04 bits per heavy atom. The predicted molar refractivity (Wildman–Crippen MR) is 87.1 cm³/mol. The fourth-order valence-corrected chi connectivity index (χ4v) is 2.70. The fourth-order valence-electron chi connectivity index (χ4n) is 2.70. The number of hydrogen-bond donors (Lipinski definition) is 3. The highest BCUT2D eigenvalue weighted by Crippen LogP contribution is 2.15. The Bertz CT molecular complexity index is 535. The molecule has 3 amide bonds. The molecule has 1 fully saturated rings. The summed E-state index contributed by atoms with van der Waals surface area (Å²) >= 11 is 0. The van der Waals surface area contributed by atoms with Crippen molar-refractivity contribution in [3.63, 3.8) is 0 Å². The Hall–Kier alpha value is -2.02. The molecule has 1 aliphatic heterocycles. The van der Waals surface area contributed by atoms with E-state index in [0.717, 1.165) is 37.5 Å². The predicted octanol–water partition coefficient (Wildman–Crippen LogP) is 1.16. The molecule has 0 aromatic carbocycles. The lowest BCUT2D eigenvalue weighted by Crippen LogP contribution is -2.49. The summed E-state index contributed by atoms with van der Waals surface area (Å²) in [6.45, 7) is 5.81. The van der Waals surface area contributed by atoms with E-state index < -0.39 is 0 Å². The van der Waals surface area contributed by atoms with Gasteiger partial charge in [0.25, 0.3) is 0 Å². The van der Waals surface area contributed by atoms with Gasteiger partial charge >= 0.3 is 6.03 Å². The first kappa shape index (κ1) is 17.3. The maximum Gasteiger partial charge on any atom is 0.315 e. The first-order valence-electron chi connectivity index (χ1n) is 8.04. The van der Waals surface area contributed by atoms with Crippen LogP contribution >= 0.6 is 0 Å². The first-order chi connectivity index (χ1) is 11.0. The molecule has 1 atom stereocenters. The molecule has 1 saturated heterocycles. The highest BCUT2D eigenvalue weighted by molar-refractivity contribution is 5.77. The summed E-state index contributed by atoms with van der Waals surface area (Å²) in [5.41, 5.74) is 0. The molecule has 23 heavy (non-hydrogen) atoms. The Balaban J connectivity index is 1.71. The number of carbonyl (C=O) groups excluding carboxylic acids is 2. The number of nitrogens with one attached hydrogen (secondary N) is 3. The van der Waals surface area contributed by atoms with E-state index in [4.69, 9.17) is 4.42 Å². The van der Waals surface area contributed by atoms with Gasteiger partial charge in [-0.15, -0.1) is 0 Å². The molecule has 7 heteroatoms. The van der Waals surface area contributed by atoms with E-state index in [9.17, 15) is 9.59 Å². The van der Waals surface area contributed by atoms with Gasteiger partial charge in [-0.2, -0.15) is 0 Å². The third-order valence-electron chi connectivity index (χ3n) is 4.10. The van der Waals surface area contributed by atoms with Crippen LogP contribution in [0.3, 0.4) is 0 Å². The third kappa shape index (κ3) is 5.28. The van der Waals surface area contributed by atoms with Crippen LogP contribution in [-0.4, -0.2) is 49.6 Å². The molecule has 0 saturated carbocycles. The second kappa shape index (κ2) is 8.01. The number of rotatable bonds is 5. The minimum atomic E-state index is -0.184. The molecule has 0 aliphatic carbocycles. The average molecular weight is 322 g/mol. The van der Waals surface area contributed by atoms with Gasteiger partial charge in [-0.1, -0.05) is 0 Å². The summed E-state index contributed by atoms with van der Waals surface area (Å²) in [7, 11) is 1.64. The number of urea groups is 1.